The summed E-state index contributed by atoms with van der Waals surface area (Å²) in [7, 11) is 0. The molecule has 1 aliphatic heterocycles. The van der Waals surface area contributed by atoms with Crippen LogP contribution in [0.1, 0.15) is 32.6 Å². The highest BCUT2D eigenvalue weighted by Gasteiger charge is 2.25. The molecule has 2 heterocycles. The average molecular weight is 300 g/mol. The van der Waals surface area contributed by atoms with E-state index in [4.69, 9.17) is 0 Å². The number of aryl methyl sites for hydroxylation is 1. The summed E-state index contributed by atoms with van der Waals surface area (Å²) in [5, 5.41) is 5.61. The Labute approximate surface area is 128 Å². The van der Waals surface area contributed by atoms with Crippen molar-refractivity contribution in [3.63, 3.8) is 0 Å². The van der Waals surface area contributed by atoms with Crippen molar-refractivity contribution in [3.05, 3.63) is 24.3 Å². The maximum atomic E-state index is 12.4. The molecule has 2 aromatic rings. The third-order valence-electron chi connectivity index (χ3n) is 3.89. The Bertz CT molecular complexity index is 707. The SMILES string of the molecule is CCCn1c(NC(=O)[C@H]2CCCC(=O)N2)nc2ccccc21. The second-order valence-corrected chi connectivity index (χ2v) is 5.58. The molecule has 22 heavy (non-hydrogen) atoms. The van der Waals surface area contributed by atoms with E-state index in [2.05, 4.69) is 22.5 Å². The minimum atomic E-state index is -0.462. The van der Waals surface area contributed by atoms with Gasteiger partial charge in [-0.1, -0.05) is 19.1 Å². The molecule has 1 fully saturated rings. The number of carbonyl (C=O) groups excluding carboxylic acids is 2. The van der Waals surface area contributed by atoms with Gasteiger partial charge < -0.3 is 9.88 Å². The Hall–Kier alpha value is -2.37. The molecule has 6 heteroatoms. The molecule has 0 unspecified atom stereocenters. The molecule has 1 aliphatic rings. The zero-order chi connectivity index (χ0) is 15.5. The van der Waals surface area contributed by atoms with Gasteiger partial charge >= 0.3 is 0 Å². The highest BCUT2D eigenvalue weighted by Crippen LogP contribution is 2.20. The van der Waals surface area contributed by atoms with E-state index in [1.807, 2.05) is 28.8 Å². The topological polar surface area (TPSA) is 76.0 Å². The number of aromatic nitrogens is 2. The fourth-order valence-corrected chi connectivity index (χ4v) is 2.82. The van der Waals surface area contributed by atoms with Gasteiger partial charge in [0, 0.05) is 13.0 Å². The Morgan fingerprint density at radius 3 is 3.05 bits per heavy atom. The van der Waals surface area contributed by atoms with E-state index >= 15 is 0 Å². The number of rotatable bonds is 4. The number of benzene rings is 1. The molecule has 116 valence electrons. The van der Waals surface area contributed by atoms with Crippen LogP contribution in [0.5, 0.6) is 0 Å². The Kier molecular flexibility index (Phi) is 4.09. The minimum absolute atomic E-state index is 0.0616. The fourth-order valence-electron chi connectivity index (χ4n) is 2.82. The van der Waals surface area contributed by atoms with E-state index in [-0.39, 0.29) is 11.8 Å². The predicted octanol–water partition coefficient (Wildman–Crippen LogP) is 2.05. The molecule has 0 saturated carbocycles. The second-order valence-electron chi connectivity index (χ2n) is 5.58. The monoisotopic (exact) mass is 300 g/mol. The van der Waals surface area contributed by atoms with Crippen LogP contribution in [-0.4, -0.2) is 27.4 Å². The first-order valence-electron chi connectivity index (χ1n) is 7.74. The van der Waals surface area contributed by atoms with E-state index in [0.717, 1.165) is 30.4 Å². The van der Waals surface area contributed by atoms with Crippen molar-refractivity contribution in [2.24, 2.45) is 0 Å². The fraction of sp³-hybridized carbons (Fsp3) is 0.438. The van der Waals surface area contributed by atoms with Crippen molar-refractivity contribution in [2.45, 2.75) is 45.2 Å². The molecule has 2 amide bonds. The van der Waals surface area contributed by atoms with Crippen molar-refractivity contribution < 1.29 is 9.59 Å². The first kappa shape index (κ1) is 14.6. The van der Waals surface area contributed by atoms with E-state index in [0.29, 0.717) is 18.8 Å². The molecule has 0 spiro atoms. The van der Waals surface area contributed by atoms with E-state index < -0.39 is 6.04 Å². The molecule has 3 rings (SSSR count). The lowest BCUT2D eigenvalue weighted by Crippen LogP contribution is -2.46. The van der Waals surface area contributed by atoms with Crippen LogP contribution in [0.15, 0.2) is 24.3 Å². The molecule has 1 atom stereocenters. The predicted molar refractivity (Wildman–Crippen MR) is 84.4 cm³/mol. The highest BCUT2D eigenvalue weighted by atomic mass is 16.2. The van der Waals surface area contributed by atoms with Crippen LogP contribution < -0.4 is 10.6 Å². The summed E-state index contributed by atoms with van der Waals surface area (Å²) < 4.78 is 2.01. The number of anilines is 1. The number of fused-ring (bicyclic) bond motifs is 1. The van der Waals surface area contributed by atoms with Crippen LogP contribution >= 0.6 is 0 Å². The molecule has 1 aromatic carbocycles. The number of para-hydroxylation sites is 2. The molecule has 1 saturated heterocycles. The minimum Gasteiger partial charge on any atom is -0.344 e. The first-order valence-corrected chi connectivity index (χ1v) is 7.74. The summed E-state index contributed by atoms with van der Waals surface area (Å²) in [6, 6.07) is 7.35. The van der Waals surface area contributed by atoms with Crippen molar-refractivity contribution >= 4 is 28.8 Å². The summed E-state index contributed by atoms with van der Waals surface area (Å²) in [6.45, 7) is 2.87. The van der Waals surface area contributed by atoms with Crippen LogP contribution in [0.3, 0.4) is 0 Å². The average Bonchev–Trinajstić information content (AvgIpc) is 2.85. The molecular formula is C16H20N4O2. The Morgan fingerprint density at radius 2 is 2.27 bits per heavy atom. The van der Waals surface area contributed by atoms with Crippen LogP contribution in [-0.2, 0) is 16.1 Å². The number of hydrogen-bond donors (Lipinski definition) is 2. The molecular weight excluding hydrogens is 280 g/mol. The highest BCUT2D eigenvalue weighted by molar-refractivity contribution is 5.97. The lowest BCUT2D eigenvalue weighted by atomic mass is 10.0. The van der Waals surface area contributed by atoms with Gasteiger partial charge in [0.05, 0.1) is 11.0 Å². The van der Waals surface area contributed by atoms with Gasteiger partial charge in [-0.05, 0) is 31.4 Å². The third kappa shape index (κ3) is 2.81. The lowest BCUT2D eigenvalue weighted by Gasteiger charge is -2.22. The van der Waals surface area contributed by atoms with Crippen LogP contribution in [0.25, 0.3) is 11.0 Å². The number of carbonyl (C=O) groups is 2. The quantitative estimate of drug-likeness (QED) is 0.907. The number of nitrogens with one attached hydrogen (secondary N) is 2. The van der Waals surface area contributed by atoms with Crippen molar-refractivity contribution in [2.75, 3.05) is 5.32 Å². The number of imidazole rings is 1. The first-order chi connectivity index (χ1) is 10.7. The zero-order valence-electron chi connectivity index (χ0n) is 12.6. The second kappa shape index (κ2) is 6.17. The number of hydrogen-bond acceptors (Lipinski definition) is 3. The summed E-state index contributed by atoms with van der Waals surface area (Å²) in [5.41, 5.74) is 1.87. The summed E-state index contributed by atoms with van der Waals surface area (Å²) in [5.74, 6) is 0.294. The summed E-state index contributed by atoms with van der Waals surface area (Å²) in [4.78, 5) is 28.3. The lowest BCUT2D eigenvalue weighted by molar-refractivity contribution is -0.128. The molecule has 1 aromatic heterocycles. The van der Waals surface area contributed by atoms with Crippen molar-refractivity contribution in [1.82, 2.24) is 14.9 Å². The molecule has 6 nitrogen and oxygen atoms in total. The normalized spacial score (nSPS) is 18.2. The van der Waals surface area contributed by atoms with Gasteiger partial charge in [0.1, 0.15) is 6.04 Å². The summed E-state index contributed by atoms with van der Waals surface area (Å²) in [6.07, 6.45) is 2.86. The molecule has 0 radical (unpaired) electrons. The smallest absolute Gasteiger partial charge is 0.249 e. The van der Waals surface area contributed by atoms with Crippen LogP contribution in [0.2, 0.25) is 0 Å². The maximum Gasteiger partial charge on any atom is 0.249 e. The summed E-state index contributed by atoms with van der Waals surface area (Å²) >= 11 is 0. The van der Waals surface area contributed by atoms with E-state index in [1.54, 1.807) is 0 Å². The standard InChI is InChI=1S/C16H20N4O2/c1-2-10-20-13-8-4-3-6-11(13)18-16(20)19-15(22)12-7-5-9-14(21)17-12/h3-4,6,8,12H,2,5,7,9-10H2,1H3,(H,17,21)(H,18,19,22)/t12-/m1/s1. The van der Waals surface area contributed by atoms with Gasteiger partial charge in [-0.3, -0.25) is 14.9 Å². The maximum absolute atomic E-state index is 12.4. The molecule has 0 aliphatic carbocycles. The molecule has 0 bridgehead atoms. The van der Waals surface area contributed by atoms with Crippen LogP contribution in [0, 0.1) is 0 Å². The number of amides is 2. The number of nitrogens with zero attached hydrogens (tertiary/aromatic N) is 2. The largest absolute Gasteiger partial charge is 0.344 e. The van der Waals surface area contributed by atoms with Crippen molar-refractivity contribution in [1.29, 1.82) is 0 Å². The Morgan fingerprint density at radius 1 is 1.45 bits per heavy atom. The van der Waals surface area contributed by atoms with Gasteiger partial charge in [-0.25, -0.2) is 4.98 Å². The number of piperidine rings is 1. The van der Waals surface area contributed by atoms with Crippen molar-refractivity contribution in [3.8, 4) is 0 Å². The van der Waals surface area contributed by atoms with Gasteiger partial charge in [0.15, 0.2) is 0 Å². The van der Waals surface area contributed by atoms with Crippen LogP contribution in [0.4, 0.5) is 5.95 Å². The Balaban J connectivity index is 1.84. The van der Waals surface area contributed by atoms with Gasteiger partial charge in [-0.2, -0.15) is 0 Å². The van der Waals surface area contributed by atoms with E-state index in [1.165, 1.54) is 0 Å². The third-order valence-corrected chi connectivity index (χ3v) is 3.89. The van der Waals surface area contributed by atoms with Gasteiger partial charge in [0.25, 0.3) is 0 Å². The van der Waals surface area contributed by atoms with Gasteiger partial charge in [0.2, 0.25) is 17.8 Å². The van der Waals surface area contributed by atoms with Gasteiger partial charge in [-0.15, -0.1) is 0 Å². The molecule has 2 N–H and O–H groups in total. The zero-order valence-corrected chi connectivity index (χ0v) is 12.6. The van der Waals surface area contributed by atoms with E-state index in [9.17, 15) is 9.59 Å².